The quantitative estimate of drug-likeness (QED) is 0.254. The predicted octanol–water partition coefficient (Wildman–Crippen LogP) is 4.73. The van der Waals surface area contributed by atoms with E-state index in [1.165, 1.54) is 24.3 Å². The molecule has 0 bridgehead atoms. The second kappa shape index (κ2) is 12.3. The summed E-state index contributed by atoms with van der Waals surface area (Å²) in [5.41, 5.74) is 2.40. The maximum absolute atomic E-state index is 13.1. The Bertz CT molecular complexity index is 1650. The van der Waals surface area contributed by atoms with Gasteiger partial charge in [-0.2, -0.15) is 4.72 Å². The largest absolute Gasteiger partial charge is 0.496 e. The molecule has 10 heteroatoms. The Morgan fingerprint density at radius 1 is 1.10 bits per heavy atom. The van der Waals surface area contributed by atoms with E-state index >= 15 is 0 Å². The third-order valence-corrected chi connectivity index (χ3v) is 7.82. The molecule has 0 fully saturated rings. The smallest absolute Gasteiger partial charge is 0.322 e. The number of carboxylic acid groups (broad SMARTS) is 1. The molecule has 0 radical (unpaired) electrons. The monoisotopic (exact) mass is 566 g/mol. The topological polar surface area (TPSA) is 107 Å². The van der Waals surface area contributed by atoms with Gasteiger partial charge in [-0.15, -0.1) is 5.92 Å². The molecule has 202 valence electrons. The van der Waals surface area contributed by atoms with Crippen LogP contribution in [-0.2, 0) is 27.8 Å². The molecule has 0 saturated carbocycles. The number of hydrogen-bond acceptors (Lipinski definition) is 5. The van der Waals surface area contributed by atoms with Crippen LogP contribution in [0.25, 0.3) is 10.9 Å². The van der Waals surface area contributed by atoms with E-state index in [0.717, 1.165) is 22.2 Å². The van der Waals surface area contributed by atoms with Crippen LogP contribution in [0.4, 0.5) is 0 Å². The zero-order chi connectivity index (χ0) is 28.0. The fourth-order valence-corrected chi connectivity index (χ4v) is 5.58. The number of methoxy groups -OCH3 is 1. The summed E-state index contributed by atoms with van der Waals surface area (Å²) in [7, 11) is -2.54. The number of carbonyl (C=O) groups is 1. The Morgan fingerprint density at radius 2 is 1.85 bits per heavy atom. The number of benzene rings is 3. The van der Waals surface area contributed by atoms with Gasteiger partial charge >= 0.3 is 5.97 Å². The van der Waals surface area contributed by atoms with Crippen LogP contribution in [0.15, 0.2) is 77.8 Å². The van der Waals surface area contributed by atoms with Gasteiger partial charge in [0, 0.05) is 34.1 Å². The number of nitrogens with zero attached hydrogens (tertiary/aromatic N) is 1. The summed E-state index contributed by atoms with van der Waals surface area (Å²) in [6.07, 6.45) is 1.73. The Kier molecular flexibility index (Phi) is 8.82. The second-order valence-corrected chi connectivity index (χ2v) is 10.8. The van der Waals surface area contributed by atoms with Gasteiger partial charge in [0.05, 0.1) is 18.6 Å². The molecule has 8 nitrogen and oxygen atoms in total. The molecule has 4 aromatic rings. The fraction of sp³-hybridized carbons (Fsp3) is 0.207. The van der Waals surface area contributed by atoms with E-state index in [4.69, 9.17) is 21.1 Å². The highest BCUT2D eigenvalue weighted by atomic mass is 35.5. The number of sulfonamides is 1. The highest BCUT2D eigenvalue weighted by molar-refractivity contribution is 7.89. The number of ether oxygens (including phenoxy) is 2. The lowest BCUT2D eigenvalue weighted by Crippen LogP contribution is -2.42. The van der Waals surface area contributed by atoms with Crippen LogP contribution >= 0.6 is 11.6 Å². The van der Waals surface area contributed by atoms with Crippen LogP contribution in [-0.4, -0.2) is 43.8 Å². The molecule has 0 saturated heterocycles. The first-order valence-electron chi connectivity index (χ1n) is 12.0. The number of hydrogen-bond donors (Lipinski definition) is 2. The van der Waals surface area contributed by atoms with Gasteiger partial charge in [-0.3, -0.25) is 4.79 Å². The van der Waals surface area contributed by atoms with Gasteiger partial charge in [-0.25, -0.2) is 8.42 Å². The fourth-order valence-electron chi connectivity index (χ4n) is 4.21. The zero-order valence-corrected chi connectivity index (χ0v) is 22.9. The maximum Gasteiger partial charge on any atom is 0.322 e. The van der Waals surface area contributed by atoms with Crippen LogP contribution in [0.2, 0.25) is 5.02 Å². The summed E-state index contributed by atoms with van der Waals surface area (Å²) in [4.78, 5) is 12.1. The van der Waals surface area contributed by atoms with Crippen LogP contribution in [0.5, 0.6) is 11.5 Å². The Morgan fingerprint density at radius 3 is 2.54 bits per heavy atom. The number of rotatable bonds is 11. The van der Waals surface area contributed by atoms with Crippen molar-refractivity contribution in [2.75, 3.05) is 13.7 Å². The molecule has 1 aromatic heterocycles. The second-order valence-electron chi connectivity index (χ2n) is 8.66. The molecular formula is C29H27ClN2O6S. The molecule has 4 rings (SSSR count). The lowest BCUT2D eigenvalue weighted by molar-refractivity contribution is -0.138. The van der Waals surface area contributed by atoms with Gasteiger partial charge < -0.3 is 19.1 Å². The minimum absolute atomic E-state index is 0.0793. The normalized spacial score (nSPS) is 12.0. The van der Waals surface area contributed by atoms with Crippen molar-refractivity contribution in [2.24, 2.45) is 0 Å². The first kappa shape index (κ1) is 28.0. The third kappa shape index (κ3) is 6.73. The average Bonchev–Trinajstić information content (AvgIpc) is 3.24. The van der Waals surface area contributed by atoms with E-state index in [9.17, 15) is 18.3 Å². The Balaban J connectivity index is 1.61. The van der Waals surface area contributed by atoms with E-state index < -0.39 is 22.0 Å². The van der Waals surface area contributed by atoms with Crippen LogP contribution in [0.3, 0.4) is 0 Å². The van der Waals surface area contributed by atoms with Gasteiger partial charge in [0.25, 0.3) is 0 Å². The molecule has 3 aromatic carbocycles. The van der Waals surface area contributed by atoms with E-state index in [2.05, 4.69) is 16.6 Å². The summed E-state index contributed by atoms with van der Waals surface area (Å²) in [6, 6.07) is 17.2. The molecule has 0 aliphatic heterocycles. The summed E-state index contributed by atoms with van der Waals surface area (Å²) in [5.74, 6) is 5.33. The summed E-state index contributed by atoms with van der Waals surface area (Å²) >= 11 is 6.27. The van der Waals surface area contributed by atoms with Crippen molar-refractivity contribution in [1.82, 2.24) is 9.29 Å². The van der Waals surface area contributed by atoms with Crippen molar-refractivity contribution in [3.63, 3.8) is 0 Å². The first-order chi connectivity index (χ1) is 18.7. The average molecular weight is 567 g/mol. The van der Waals surface area contributed by atoms with Crippen molar-refractivity contribution in [2.45, 2.75) is 30.8 Å². The lowest BCUT2D eigenvalue weighted by Gasteiger charge is -2.15. The first-order valence-corrected chi connectivity index (χ1v) is 13.8. The third-order valence-electron chi connectivity index (χ3n) is 6.10. The summed E-state index contributed by atoms with van der Waals surface area (Å²) in [6.45, 7) is 2.33. The molecular weight excluding hydrogens is 540 g/mol. The van der Waals surface area contributed by atoms with Gasteiger partial charge in [-0.05, 0) is 61.0 Å². The molecule has 0 spiro atoms. The number of halogens is 1. The molecule has 0 aliphatic rings. The number of aromatic nitrogens is 1. The SMILES string of the molecule is CC#CCOc1ccc(S(=O)(=O)N[C@@H](Cc2cn(Cc3ccccc3OC)c3ccc(Cl)cc23)C(=O)O)cc1. The molecule has 0 unspecified atom stereocenters. The van der Waals surface area contributed by atoms with Crippen molar-refractivity contribution in [3.8, 4) is 23.3 Å². The summed E-state index contributed by atoms with van der Waals surface area (Å²) in [5, 5.41) is 11.2. The minimum atomic E-state index is -4.14. The van der Waals surface area contributed by atoms with Crippen LogP contribution in [0.1, 0.15) is 18.1 Å². The van der Waals surface area contributed by atoms with Gasteiger partial charge in [0.2, 0.25) is 10.0 Å². The standard InChI is InChI=1S/C29H27ClN2O6S/c1-3-4-15-38-23-10-12-24(13-11-23)39(35,36)31-26(29(33)34)16-21-19-32(27-14-9-22(30)17-25(21)27)18-20-7-5-6-8-28(20)37-2/h5-14,17,19,26,31H,15-16,18H2,1-2H3,(H,33,34)/t26-/m0/s1. The lowest BCUT2D eigenvalue weighted by atomic mass is 10.1. The van der Waals surface area contributed by atoms with Gasteiger partial charge in [0.1, 0.15) is 24.1 Å². The molecule has 1 heterocycles. The molecule has 39 heavy (non-hydrogen) atoms. The van der Waals surface area contributed by atoms with E-state index in [1.807, 2.05) is 41.1 Å². The molecule has 0 aliphatic carbocycles. The van der Waals surface area contributed by atoms with Crippen LogP contribution < -0.4 is 14.2 Å². The molecule has 0 amide bonds. The van der Waals surface area contributed by atoms with Gasteiger partial charge in [-0.1, -0.05) is 35.7 Å². The number of nitrogens with one attached hydrogen (secondary N) is 1. The van der Waals surface area contributed by atoms with Crippen molar-refractivity contribution >= 4 is 38.5 Å². The molecule has 1 atom stereocenters. The highest BCUT2D eigenvalue weighted by Gasteiger charge is 2.27. The zero-order valence-electron chi connectivity index (χ0n) is 21.3. The summed E-state index contributed by atoms with van der Waals surface area (Å²) < 4.78 is 41.3. The number of fused-ring (bicyclic) bond motifs is 1. The van der Waals surface area contributed by atoms with Crippen molar-refractivity contribution < 1.29 is 27.8 Å². The minimum Gasteiger partial charge on any atom is -0.496 e. The maximum atomic E-state index is 13.1. The number of carboxylic acids is 1. The van der Waals surface area contributed by atoms with Crippen LogP contribution in [0, 0.1) is 11.8 Å². The van der Waals surface area contributed by atoms with E-state index in [-0.39, 0.29) is 17.9 Å². The van der Waals surface area contributed by atoms with E-state index in [0.29, 0.717) is 22.9 Å². The van der Waals surface area contributed by atoms with Crippen molar-refractivity contribution in [1.29, 1.82) is 0 Å². The highest BCUT2D eigenvalue weighted by Crippen LogP contribution is 2.29. The van der Waals surface area contributed by atoms with Crippen molar-refractivity contribution in [3.05, 3.63) is 89.1 Å². The predicted molar refractivity (Wildman–Crippen MR) is 150 cm³/mol. The number of aliphatic carboxylic acids is 1. The molecule has 2 N–H and O–H groups in total. The van der Waals surface area contributed by atoms with E-state index in [1.54, 1.807) is 26.2 Å². The van der Waals surface area contributed by atoms with Gasteiger partial charge in [0.15, 0.2) is 0 Å². The number of para-hydroxylation sites is 1. The Labute approximate surface area is 232 Å². The Hall–Kier alpha value is -3.97.